The van der Waals surface area contributed by atoms with Crippen molar-refractivity contribution in [3.05, 3.63) is 0 Å². The van der Waals surface area contributed by atoms with E-state index in [1.165, 1.54) is 6.42 Å². The van der Waals surface area contributed by atoms with Crippen LogP contribution in [0.2, 0.25) is 0 Å². The topological polar surface area (TPSA) is 29.5 Å². The molecule has 0 fully saturated rings. The third-order valence-electron chi connectivity index (χ3n) is 0.708. The van der Waals surface area contributed by atoms with Crippen LogP contribution in [0, 0.1) is 0 Å². The Morgan fingerprint density at radius 3 is 2.00 bits per heavy atom. The molecule has 1 atom stereocenters. The van der Waals surface area contributed by atoms with Crippen LogP contribution < -0.4 is 0 Å². The van der Waals surface area contributed by atoms with Gasteiger partial charge < -0.3 is 9.84 Å². The van der Waals surface area contributed by atoms with E-state index in [0.29, 0.717) is 6.61 Å². The minimum absolute atomic E-state index is 0.318. The van der Waals surface area contributed by atoms with Gasteiger partial charge in [-0.15, -0.1) is 0 Å². The number of aliphatic hydroxyl groups excluding tert-OH is 1. The summed E-state index contributed by atoms with van der Waals surface area (Å²) in [5.41, 5.74) is 0. The first-order valence-electron chi connectivity index (χ1n) is 4.44. The number of aliphatic hydroxyl groups is 1. The third-order valence-corrected chi connectivity index (χ3v) is 0.708. The van der Waals surface area contributed by atoms with Crippen LogP contribution in [-0.2, 0) is 4.74 Å². The van der Waals surface area contributed by atoms with Crippen LogP contribution in [0.15, 0.2) is 0 Å². The second-order valence-corrected chi connectivity index (χ2v) is 2.63. The van der Waals surface area contributed by atoms with Gasteiger partial charge in [0.25, 0.3) is 0 Å². The van der Waals surface area contributed by atoms with Crippen LogP contribution in [0.5, 0.6) is 0 Å². The average Bonchev–Trinajstić information content (AvgIpc) is 1.89. The lowest BCUT2D eigenvalue weighted by atomic mass is 10.4. The molecule has 0 bridgehead atoms. The van der Waals surface area contributed by atoms with Crippen molar-refractivity contribution in [2.45, 2.75) is 46.6 Å². The Morgan fingerprint density at radius 1 is 1.27 bits per heavy atom. The SMILES string of the molecule is CCC.CCCOCC(C)O. The molecule has 0 saturated heterocycles. The summed E-state index contributed by atoms with van der Waals surface area (Å²) in [4.78, 5) is 0. The highest BCUT2D eigenvalue weighted by molar-refractivity contribution is 4.39. The molecule has 70 valence electrons. The lowest BCUT2D eigenvalue weighted by Crippen LogP contribution is -2.10. The molecule has 0 aliphatic rings. The average molecular weight is 162 g/mol. The lowest BCUT2D eigenvalue weighted by Gasteiger charge is -2.02. The van der Waals surface area contributed by atoms with Crippen molar-refractivity contribution >= 4 is 0 Å². The minimum atomic E-state index is -0.318. The van der Waals surface area contributed by atoms with E-state index >= 15 is 0 Å². The van der Waals surface area contributed by atoms with E-state index in [0.717, 1.165) is 13.0 Å². The fraction of sp³-hybridized carbons (Fsp3) is 1.00. The molecule has 0 aliphatic carbocycles. The Hall–Kier alpha value is -0.0800. The molecular weight excluding hydrogens is 140 g/mol. The van der Waals surface area contributed by atoms with E-state index in [2.05, 4.69) is 13.8 Å². The van der Waals surface area contributed by atoms with E-state index in [-0.39, 0.29) is 6.10 Å². The van der Waals surface area contributed by atoms with E-state index in [1.54, 1.807) is 6.92 Å². The molecule has 2 nitrogen and oxygen atoms in total. The summed E-state index contributed by atoms with van der Waals surface area (Å²) in [5.74, 6) is 0. The van der Waals surface area contributed by atoms with Crippen LogP contribution in [0.1, 0.15) is 40.5 Å². The van der Waals surface area contributed by atoms with Gasteiger partial charge in [-0.25, -0.2) is 0 Å². The summed E-state index contributed by atoms with van der Waals surface area (Å²) in [6.45, 7) is 9.23. The highest BCUT2D eigenvalue weighted by atomic mass is 16.5. The normalized spacial score (nSPS) is 11.7. The zero-order chi connectivity index (χ0) is 9.11. The number of rotatable bonds is 4. The quantitative estimate of drug-likeness (QED) is 0.642. The fourth-order valence-corrected chi connectivity index (χ4v) is 0.398. The Morgan fingerprint density at radius 2 is 1.73 bits per heavy atom. The Kier molecular flexibility index (Phi) is 15.4. The van der Waals surface area contributed by atoms with Gasteiger partial charge in [0.2, 0.25) is 0 Å². The molecule has 1 unspecified atom stereocenters. The van der Waals surface area contributed by atoms with E-state index in [1.807, 2.05) is 6.92 Å². The molecule has 0 heterocycles. The Balaban J connectivity index is 0. The maximum atomic E-state index is 8.65. The van der Waals surface area contributed by atoms with E-state index in [9.17, 15) is 0 Å². The van der Waals surface area contributed by atoms with Crippen LogP contribution in [0.4, 0.5) is 0 Å². The Labute approximate surface area is 70.6 Å². The predicted octanol–water partition coefficient (Wildman–Crippen LogP) is 2.21. The maximum Gasteiger partial charge on any atom is 0.0745 e. The standard InChI is InChI=1S/C6H14O2.C3H8/c1-3-4-8-5-6(2)7;1-3-2/h6-7H,3-5H2,1-2H3;3H2,1-2H3. The highest BCUT2D eigenvalue weighted by Gasteiger charge is 1.91. The van der Waals surface area contributed by atoms with Gasteiger partial charge >= 0.3 is 0 Å². The minimum Gasteiger partial charge on any atom is -0.391 e. The van der Waals surface area contributed by atoms with Gasteiger partial charge in [-0.2, -0.15) is 0 Å². The number of ether oxygens (including phenoxy) is 1. The maximum absolute atomic E-state index is 8.65. The second kappa shape index (κ2) is 12.6. The first-order chi connectivity index (χ1) is 5.18. The van der Waals surface area contributed by atoms with Gasteiger partial charge in [0.1, 0.15) is 0 Å². The number of hydrogen-bond acceptors (Lipinski definition) is 2. The van der Waals surface area contributed by atoms with Gasteiger partial charge in [0.15, 0.2) is 0 Å². The van der Waals surface area contributed by atoms with Gasteiger partial charge in [0.05, 0.1) is 12.7 Å². The monoisotopic (exact) mass is 162 g/mol. The van der Waals surface area contributed by atoms with Crippen LogP contribution in [-0.4, -0.2) is 24.4 Å². The van der Waals surface area contributed by atoms with Crippen molar-refractivity contribution in [1.82, 2.24) is 0 Å². The summed E-state index contributed by atoms with van der Waals surface area (Å²) in [7, 11) is 0. The molecule has 0 saturated carbocycles. The van der Waals surface area contributed by atoms with E-state index < -0.39 is 0 Å². The van der Waals surface area contributed by atoms with Crippen LogP contribution in [0.3, 0.4) is 0 Å². The molecule has 1 N–H and O–H groups in total. The molecule has 2 heteroatoms. The fourth-order valence-electron chi connectivity index (χ4n) is 0.398. The third kappa shape index (κ3) is 25.7. The summed E-state index contributed by atoms with van der Waals surface area (Å²) < 4.78 is 4.99. The molecule has 0 spiro atoms. The van der Waals surface area contributed by atoms with Gasteiger partial charge in [-0.05, 0) is 13.3 Å². The molecule has 0 amide bonds. The van der Waals surface area contributed by atoms with Crippen molar-refractivity contribution in [2.24, 2.45) is 0 Å². The zero-order valence-electron chi connectivity index (χ0n) is 8.26. The molecule has 11 heavy (non-hydrogen) atoms. The smallest absolute Gasteiger partial charge is 0.0745 e. The van der Waals surface area contributed by atoms with Gasteiger partial charge in [-0.1, -0.05) is 27.2 Å². The summed E-state index contributed by atoms with van der Waals surface area (Å²) >= 11 is 0. The first kappa shape index (κ1) is 13.5. The first-order valence-corrected chi connectivity index (χ1v) is 4.44. The van der Waals surface area contributed by atoms with Gasteiger partial charge in [-0.3, -0.25) is 0 Å². The molecule has 0 aromatic rings. The molecule has 0 aromatic carbocycles. The highest BCUT2D eigenvalue weighted by Crippen LogP contribution is 1.83. The van der Waals surface area contributed by atoms with Crippen molar-refractivity contribution in [2.75, 3.05) is 13.2 Å². The van der Waals surface area contributed by atoms with Crippen molar-refractivity contribution in [3.8, 4) is 0 Å². The van der Waals surface area contributed by atoms with Crippen molar-refractivity contribution in [3.63, 3.8) is 0 Å². The molecule has 0 aliphatic heterocycles. The summed E-state index contributed by atoms with van der Waals surface area (Å²) in [5, 5.41) is 8.65. The predicted molar refractivity (Wildman–Crippen MR) is 48.8 cm³/mol. The second-order valence-electron chi connectivity index (χ2n) is 2.63. The van der Waals surface area contributed by atoms with Crippen molar-refractivity contribution < 1.29 is 9.84 Å². The van der Waals surface area contributed by atoms with Crippen LogP contribution in [0.25, 0.3) is 0 Å². The zero-order valence-corrected chi connectivity index (χ0v) is 8.26. The molecule has 0 radical (unpaired) electrons. The Bertz CT molecular complexity index is 53.5. The van der Waals surface area contributed by atoms with Crippen LogP contribution >= 0.6 is 0 Å². The molecule has 0 rings (SSSR count). The number of hydrogen-bond donors (Lipinski definition) is 1. The summed E-state index contributed by atoms with van der Waals surface area (Å²) in [6, 6.07) is 0. The van der Waals surface area contributed by atoms with Gasteiger partial charge in [0, 0.05) is 6.61 Å². The van der Waals surface area contributed by atoms with E-state index in [4.69, 9.17) is 9.84 Å². The van der Waals surface area contributed by atoms with Crippen molar-refractivity contribution in [1.29, 1.82) is 0 Å². The molecule has 0 aromatic heterocycles. The largest absolute Gasteiger partial charge is 0.391 e. The molecular formula is C9H22O2. The lowest BCUT2D eigenvalue weighted by molar-refractivity contribution is 0.0466. The summed E-state index contributed by atoms with van der Waals surface area (Å²) in [6.07, 6.45) is 1.95.